The average Bonchev–Trinajstić information content (AvgIpc) is 2.69. The first-order valence-corrected chi connectivity index (χ1v) is 8.02. The van der Waals surface area contributed by atoms with Gasteiger partial charge in [0, 0.05) is 43.9 Å². The normalized spacial score (nSPS) is 19.1. The van der Waals surface area contributed by atoms with E-state index in [1.165, 1.54) is 6.07 Å². The molecule has 1 N–H and O–H groups in total. The van der Waals surface area contributed by atoms with Crippen LogP contribution in [0.2, 0.25) is 5.02 Å². The fourth-order valence-corrected chi connectivity index (χ4v) is 3.04. The number of hydrogen-bond donors (Lipinski definition) is 1. The van der Waals surface area contributed by atoms with Crippen LogP contribution < -0.4 is 0 Å². The SMILES string of the molecule is COCC(O)CN1CCCN(Cc2c(F)cccc2Cl)CC1. The summed E-state index contributed by atoms with van der Waals surface area (Å²) < 4.78 is 18.8. The molecule has 1 heterocycles. The maximum Gasteiger partial charge on any atom is 0.129 e. The third-order valence-corrected chi connectivity index (χ3v) is 4.31. The van der Waals surface area contributed by atoms with Crippen molar-refractivity contribution < 1.29 is 14.2 Å². The van der Waals surface area contributed by atoms with Crippen LogP contribution in [0.5, 0.6) is 0 Å². The van der Waals surface area contributed by atoms with Crippen molar-refractivity contribution in [2.75, 3.05) is 46.4 Å². The largest absolute Gasteiger partial charge is 0.389 e. The zero-order valence-electron chi connectivity index (χ0n) is 13.0. The lowest BCUT2D eigenvalue weighted by Gasteiger charge is -2.24. The van der Waals surface area contributed by atoms with Crippen LogP contribution in [0, 0.1) is 5.82 Å². The molecule has 1 aromatic rings. The second-order valence-electron chi connectivity index (χ2n) is 5.74. The van der Waals surface area contributed by atoms with Crippen LogP contribution in [0.3, 0.4) is 0 Å². The first-order chi connectivity index (χ1) is 10.6. The summed E-state index contributed by atoms with van der Waals surface area (Å²) in [4.78, 5) is 4.44. The molecule has 1 unspecified atom stereocenters. The van der Waals surface area contributed by atoms with Gasteiger partial charge in [-0.05, 0) is 31.6 Å². The Kier molecular flexibility index (Phi) is 7.05. The van der Waals surface area contributed by atoms with E-state index in [9.17, 15) is 9.50 Å². The number of benzene rings is 1. The Morgan fingerprint density at radius 2 is 2.00 bits per heavy atom. The summed E-state index contributed by atoms with van der Waals surface area (Å²) >= 11 is 6.10. The van der Waals surface area contributed by atoms with Crippen LogP contribution in [-0.4, -0.2) is 67.5 Å². The Morgan fingerprint density at radius 1 is 1.27 bits per heavy atom. The van der Waals surface area contributed by atoms with E-state index in [0.717, 1.165) is 32.6 Å². The lowest BCUT2D eigenvalue weighted by Crippen LogP contribution is -2.37. The van der Waals surface area contributed by atoms with Gasteiger partial charge in [0.15, 0.2) is 0 Å². The number of β-amino-alcohol motifs (C(OH)–C–C–N with tert-alkyl or cyclic N) is 1. The van der Waals surface area contributed by atoms with Crippen molar-refractivity contribution in [1.29, 1.82) is 0 Å². The number of methoxy groups -OCH3 is 1. The smallest absolute Gasteiger partial charge is 0.129 e. The standard InChI is InChI=1S/C16H24ClFN2O2/c1-22-12-13(21)10-19-6-3-7-20(9-8-19)11-14-15(17)4-2-5-16(14)18/h2,4-5,13,21H,3,6-12H2,1H3. The molecule has 2 rings (SSSR count). The Bertz CT molecular complexity index is 455. The molecule has 0 spiro atoms. The molecule has 1 aliphatic heterocycles. The minimum absolute atomic E-state index is 0.246. The third kappa shape index (κ3) is 5.18. The molecule has 124 valence electrons. The Balaban J connectivity index is 1.88. The predicted molar refractivity (Wildman–Crippen MR) is 85.6 cm³/mol. The lowest BCUT2D eigenvalue weighted by atomic mass is 10.2. The van der Waals surface area contributed by atoms with Gasteiger partial charge in [-0.2, -0.15) is 0 Å². The molecule has 1 saturated heterocycles. The Hall–Kier alpha value is -0.720. The van der Waals surface area contributed by atoms with Crippen molar-refractivity contribution in [3.63, 3.8) is 0 Å². The van der Waals surface area contributed by atoms with Gasteiger partial charge < -0.3 is 9.84 Å². The Labute approximate surface area is 136 Å². The van der Waals surface area contributed by atoms with E-state index < -0.39 is 6.10 Å². The summed E-state index contributed by atoms with van der Waals surface area (Å²) in [5.74, 6) is -0.246. The topological polar surface area (TPSA) is 35.9 Å². The molecule has 0 amide bonds. The maximum atomic E-state index is 13.9. The summed E-state index contributed by atoms with van der Waals surface area (Å²) in [6.45, 7) is 5.02. The molecule has 1 fully saturated rings. The zero-order valence-corrected chi connectivity index (χ0v) is 13.7. The van der Waals surface area contributed by atoms with Crippen LogP contribution in [-0.2, 0) is 11.3 Å². The van der Waals surface area contributed by atoms with Gasteiger partial charge in [-0.15, -0.1) is 0 Å². The maximum absolute atomic E-state index is 13.9. The molecule has 0 aromatic heterocycles. The quantitative estimate of drug-likeness (QED) is 0.865. The monoisotopic (exact) mass is 330 g/mol. The van der Waals surface area contributed by atoms with Gasteiger partial charge in [0.05, 0.1) is 12.7 Å². The molecular formula is C16H24ClFN2O2. The van der Waals surface area contributed by atoms with Gasteiger partial charge in [0.25, 0.3) is 0 Å². The van der Waals surface area contributed by atoms with Crippen molar-refractivity contribution >= 4 is 11.6 Å². The van der Waals surface area contributed by atoms with Gasteiger partial charge >= 0.3 is 0 Å². The Morgan fingerprint density at radius 3 is 2.73 bits per heavy atom. The molecule has 0 aliphatic carbocycles. The highest BCUT2D eigenvalue weighted by Crippen LogP contribution is 2.21. The minimum atomic E-state index is -0.461. The minimum Gasteiger partial charge on any atom is -0.389 e. The highest BCUT2D eigenvalue weighted by atomic mass is 35.5. The summed E-state index contributed by atoms with van der Waals surface area (Å²) in [7, 11) is 1.59. The van der Waals surface area contributed by atoms with Gasteiger partial charge in [0.1, 0.15) is 5.82 Å². The third-order valence-electron chi connectivity index (χ3n) is 3.95. The molecule has 4 nitrogen and oxygen atoms in total. The number of aliphatic hydroxyl groups excluding tert-OH is 1. The molecule has 0 radical (unpaired) electrons. The van der Waals surface area contributed by atoms with Crippen molar-refractivity contribution in [2.24, 2.45) is 0 Å². The molecule has 6 heteroatoms. The van der Waals surface area contributed by atoms with Crippen molar-refractivity contribution in [1.82, 2.24) is 9.80 Å². The van der Waals surface area contributed by atoms with Crippen LogP contribution in [0.15, 0.2) is 18.2 Å². The highest BCUT2D eigenvalue weighted by Gasteiger charge is 2.19. The van der Waals surface area contributed by atoms with Gasteiger partial charge in [0.2, 0.25) is 0 Å². The van der Waals surface area contributed by atoms with E-state index in [1.54, 1.807) is 19.2 Å². The van der Waals surface area contributed by atoms with Crippen LogP contribution in [0.25, 0.3) is 0 Å². The zero-order chi connectivity index (χ0) is 15.9. The number of rotatable bonds is 6. The molecule has 0 bridgehead atoms. The van der Waals surface area contributed by atoms with Crippen molar-refractivity contribution in [3.8, 4) is 0 Å². The number of aliphatic hydroxyl groups is 1. The molecule has 1 atom stereocenters. The molecule has 1 aliphatic rings. The first kappa shape index (κ1) is 17.6. The van der Waals surface area contributed by atoms with Crippen LogP contribution in [0.1, 0.15) is 12.0 Å². The van der Waals surface area contributed by atoms with E-state index in [-0.39, 0.29) is 5.82 Å². The summed E-state index contributed by atoms with van der Waals surface area (Å²) in [6.07, 6.45) is 0.531. The number of halogens is 2. The fraction of sp³-hybridized carbons (Fsp3) is 0.625. The molecule has 1 aromatic carbocycles. The van der Waals surface area contributed by atoms with Crippen molar-refractivity contribution in [2.45, 2.75) is 19.1 Å². The van der Waals surface area contributed by atoms with Gasteiger partial charge in [-0.25, -0.2) is 4.39 Å². The predicted octanol–water partition coefficient (Wildman–Crippen LogP) is 1.99. The van der Waals surface area contributed by atoms with E-state index in [1.807, 2.05) is 0 Å². The number of hydrogen-bond acceptors (Lipinski definition) is 4. The summed E-state index contributed by atoms with van der Waals surface area (Å²) in [5, 5.41) is 10.3. The van der Waals surface area contributed by atoms with Gasteiger partial charge in [-0.1, -0.05) is 17.7 Å². The first-order valence-electron chi connectivity index (χ1n) is 7.64. The van der Waals surface area contributed by atoms with E-state index >= 15 is 0 Å². The lowest BCUT2D eigenvalue weighted by molar-refractivity contribution is 0.0385. The van der Waals surface area contributed by atoms with Gasteiger partial charge in [-0.3, -0.25) is 9.80 Å². The van der Waals surface area contributed by atoms with Crippen LogP contribution in [0.4, 0.5) is 4.39 Å². The number of nitrogens with zero attached hydrogens (tertiary/aromatic N) is 2. The van der Waals surface area contributed by atoms with E-state index in [2.05, 4.69) is 9.80 Å². The molecule has 0 saturated carbocycles. The highest BCUT2D eigenvalue weighted by molar-refractivity contribution is 6.31. The van der Waals surface area contributed by atoms with Crippen molar-refractivity contribution in [3.05, 3.63) is 34.6 Å². The fourth-order valence-electron chi connectivity index (χ4n) is 2.82. The second-order valence-corrected chi connectivity index (χ2v) is 6.15. The van der Waals surface area contributed by atoms with Crippen LogP contribution >= 0.6 is 11.6 Å². The molecule has 22 heavy (non-hydrogen) atoms. The molecular weight excluding hydrogens is 307 g/mol. The summed E-state index contributed by atoms with van der Waals surface area (Å²) in [6, 6.07) is 4.81. The summed E-state index contributed by atoms with van der Waals surface area (Å²) in [5.41, 5.74) is 0.567. The number of ether oxygens (including phenoxy) is 1. The van der Waals surface area contributed by atoms with E-state index in [4.69, 9.17) is 16.3 Å². The van der Waals surface area contributed by atoms with E-state index in [0.29, 0.717) is 30.3 Å². The average molecular weight is 331 g/mol. The second kappa shape index (κ2) is 8.79.